The molecule has 2 rings (SSSR count). The van der Waals surface area contributed by atoms with Crippen molar-refractivity contribution in [1.82, 2.24) is 0 Å². The van der Waals surface area contributed by atoms with Crippen LogP contribution >= 0.6 is 0 Å². The van der Waals surface area contributed by atoms with Crippen LogP contribution in [0.5, 0.6) is 11.5 Å². The summed E-state index contributed by atoms with van der Waals surface area (Å²) in [5, 5.41) is 18.4. The molecular weight excluding hydrogens is 232 g/mol. The Morgan fingerprint density at radius 2 is 1.53 bits per heavy atom. The molecule has 0 bridgehead atoms. The van der Waals surface area contributed by atoms with E-state index < -0.39 is 0 Å². The second-order valence-electron chi connectivity index (χ2n) is 3.42. The van der Waals surface area contributed by atoms with Crippen LogP contribution in [0.1, 0.15) is 5.56 Å². The standard InChI is InChI=1S/C7H8O2Si.C6H6O/c1-5-3-2-4-6(8)7(5)10-9;7-6-4-2-1-3-5-6/h2-4,8-9H,1H3;1-5,7H. The van der Waals surface area contributed by atoms with E-state index in [9.17, 15) is 0 Å². The highest BCUT2D eigenvalue weighted by molar-refractivity contribution is 6.47. The summed E-state index contributed by atoms with van der Waals surface area (Å²) in [6.07, 6.45) is 0. The monoisotopic (exact) mass is 246 g/mol. The van der Waals surface area contributed by atoms with Crippen LogP contribution in [0.2, 0.25) is 0 Å². The van der Waals surface area contributed by atoms with Gasteiger partial charge in [0, 0.05) is 5.19 Å². The van der Waals surface area contributed by atoms with E-state index in [1.165, 1.54) is 0 Å². The summed E-state index contributed by atoms with van der Waals surface area (Å²) in [5.74, 6) is 0.503. The topological polar surface area (TPSA) is 60.7 Å². The van der Waals surface area contributed by atoms with Crippen LogP contribution in [0, 0.1) is 6.92 Å². The Balaban J connectivity index is 0.000000181. The van der Waals surface area contributed by atoms with Crippen molar-refractivity contribution in [3.8, 4) is 11.5 Å². The van der Waals surface area contributed by atoms with Gasteiger partial charge in [0.05, 0.1) is 0 Å². The molecule has 0 saturated heterocycles. The first-order valence-corrected chi connectivity index (χ1v) is 6.02. The van der Waals surface area contributed by atoms with Crippen LogP contribution < -0.4 is 5.19 Å². The Bertz CT molecular complexity index is 437. The van der Waals surface area contributed by atoms with Gasteiger partial charge in [-0.15, -0.1) is 0 Å². The summed E-state index contributed by atoms with van der Waals surface area (Å²) in [5.41, 5.74) is 0.931. The fourth-order valence-electron chi connectivity index (χ4n) is 1.23. The molecule has 3 N–H and O–H groups in total. The van der Waals surface area contributed by atoms with Gasteiger partial charge in [-0.1, -0.05) is 30.3 Å². The molecule has 0 aliphatic heterocycles. The molecule has 88 valence electrons. The summed E-state index contributed by atoms with van der Waals surface area (Å²) in [7, 11) is -0.322. The molecule has 0 aromatic heterocycles. The maximum atomic E-state index is 9.14. The fourth-order valence-corrected chi connectivity index (χ4v) is 1.68. The average molecular weight is 246 g/mol. The van der Waals surface area contributed by atoms with Gasteiger partial charge in [-0.05, 0) is 30.7 Å². The van der Waals surface area contributed by atoms with Crippen LogP contribution in [-0.2, 0) is 0 Å². The predicted molar refractivity (Wildman–Crippen MR) is 68.6 cm³/mol. The molecule has 2 aromatic carbocycles. The molecule has 0 aliphatic rings. The molecule has 0 atom stereocenters. The zero-order chi connectivity index (χ0) is 12.7. The summed E-state index contributed by atoms with van der Waals surface area (Å²) in [6, 6.07) is 13.9. The normalized spacial score (nSPS) is 9.29. The third kappa shape index (κ3) is 4.30. The van der Waals surface area contributed by atoms with Crippen molar-refractivity contribution in [1.29, 1.82) is 0 Å². The van der Waals surface area contributed by atoms with Gasteiger partial charge in [0.2, 0.25) is 0 Å². The quantitative estimate of drug-likeness (QED) is 0.665. The Kier molecular flexibility index (Phi) is 5.25. The van der Waals surface area contributed by atoms with E-state index in [-0.39, 0.29) is 15.5 Å². The lowest BCUT2D eigenvalue weighted by atomic mass is 10.2. The highest BCUT2D eigenvalue weighted by Crippen LogP contribution is 2.05. The number of aromatic hydroxyl groups is 2. The smallest absolute Gasteiger partial charge is 0.269 e. The Labute approximate surface area is 103 Å². The first kappa shape index (κ1) is 13.3. The van der Waals surface area contributed by atoms with Crippen molar-refractivity contribution >= 4 is 14.9 Å². The molecule has 0 saturated carbocycles. The van der Waals surface area contributed by atoms with E-state index >= 15 is 0 Å². The van der Waals surface area contributed by atoms with E-state index in [1.807, 2.05) is 19.1 Å². The molecule has 0 aliphatic carbocycles. The van der Waals surface area contributed by atoms with Gasteiger partial charge in [-0.25, -0.2) is 0 Å². The van der Waals surface area contributed by atoms with Crippen molar-refractivity contribution in [2.45, 2.75) is 6.92 Å². The summed E-state index contributed by atoms with van der Waals surface area (Å²) < 4.78 is 0. The third-order valence-corrected chi connectivity index (χ3v) is 2.99. The first-order chi connectivity index (χ1) is 8.15. The predicted octanol–water partition coefficient (Wildman–Crippen LogP) is 1.33. The number of aryl methyl sites for hydroxylation is 1. The molecule has 0 amide bonds. The number of hydrogen-bond acceptors (Lipinski definition) is 3. The van der Waals surface area contributed by atoms with Gasteiger partial charge in [-0.3, -0.25) is 0 Å². The molecule has 4 heteroatoms. The van der Waals surface area contributed by atoms with Gasteiger partial charge in [0.1, 0.15) is 11.5 Å². The number of phenols is 2. The van der Waals surface area contributed by atoms with Crippen LogP contribution in [0.15, 0.2) is 48.5 Å². The second-order valence-corrected chi connectivity index (χ2v) is 4.14. The van der Waals surface area contributed by atoms with E-state index in [2.05, 4.69) is 0 Å². The molecule has 0 spiro atoms. The van der Waals surface area contributed by atoms with Gasteiger partial charge < -0.3 is 15.0 Å². The maximum Gasteiger partial charge on any atom is 0.269 e. The minimum Gasteiger partial charge on any atom is -0.508 e. The maximum absolute atomic E-state index is 9.14. The molecule has 0 fully saturated rings. The van der Waals surface area contributed by atoms with E-state index in [0.717, 1.165) is 5.56 Å². The zero-order valence-electron chi connectivity index (χ0n) is 9.46. The van der Waals surface area contributed by atoms with E-state index in [4.69, 9.17) is 15.0 Å². The Hall–Kier alpha value is -1.78. The second kappa shape index (κ2) is 6.73. The molecule has 2 aromatic rings. The number of rotatable bonds is 1. The largest absolute Gasteiger partial charge is 0.508 e. The molecule has 0 unspecified atom stereocenters. The highest BCUT2D eigenvalue weighted by Gasteiger charge is 2.02. The van der Waals surface area contributed by atoms with Crippen LogP contribution in [0.3, 0.4) is 0 Å². The fraction of sp³-hybridized carbons (Fsp3) is 0.0769. The molecule has 2 radical (unpaired) electrons. The minimum atomic E-state index is -0.322. The molecular formula is C13H14O3Si. The van der Waals surface area contributed by atoms with Crippen LogP contribution in [0.25, 0.3) is 0 Å². The SMILES string of the molecule is Cc1cccc(O)c1[Si]O.Oc1ccccc1. The van der Waals surface area contributed by atoms with Crippen LogP contribution in [-0.4, -0.2) is 24.8 Å². The number of benzene rings is 2. The van der Waals surface area contributed by atoms with Crippen molar-refractivity contribution in [2.24, 2.45) is 0 Å². The zero-order valence-corrected chi connectivity index (χ0v) is 10.5. The minimum absolute atomic E-state index is 0.181. The van der Waals surface area contributed by atoms with Crippen molar-refractivity contribution < 1.29 is 15.0 Å². The lowest BCUT2D eigenvalue weighted by molar-refractivity contribution is 0.475. The van der Waals surface area contributed by atoms with Crippen LogP contribution in [0.4, 0.5) is 0 Å². The highest BCUT2D eigenvalue weighted by atomic mass is 28.2. The van der Waals surface area contributed by atoms with Crippen molar-refractivity contribution in [3.05, 3.63) is 54.1 Å². The van der Waals surface area contributed by atoms with Gasteiger partial charge >= 0.3 is 0 Å². The summed E-state index contributed by atoms with van der Waals surface area (Å²) >= 11 is 0. The average Bonchev–Trinajstić information content (AvgIpc) is 2.31. The first-order valence-electron chi connectivity index (χ1n) is 5.08. The Morgan fingerprint density at radius 1 is 0.882 bits per heavy atom. The lowest BCUT2D eigenvalue weighted by Gasteiger charge is -2.01. The number of phenolic OH excluding ortho intramolecular Hbond substituents is 2. The van der Waals surface area contributed by atoms with E-state index in [0.29, 0.717) is 10.9 Å². The Morgan fingerprint density at radius 3 is 1.88 bits per heavy atom. The number of hydrogen-bond donors (Lipinski definition) is 3. The van der Waals surface area contributed by atoms with Crippen molar-refractivity contribution in [3.63, 3.8) is 0 Å². The van der Waals surface area contributed by atoms with Crippen molar-refractivity contribution in [2.75, 3.05) is 0 Å². The third-order valence-electron chi connectivity index (χ3n) is 2.12. The molecule has 17 heavy (non-hydrogen) atoms. The van der Waals surface area contributed by atoms with Gasteiger partial charge in [0.15, 0.2) is 0 Å². The van der Waals surface area contributed by atoms with E-state index in [1.54, 1.807) is 36.4 Å². The molecule has 0 heterocycles. The molecule has 3 nitrogen and oxygen atoms in total. The van der Waals surface area contributed by atoms with Gasteiger partial charge in [0.25, 0.3) is 9.76 Å². The summed E-state index contributed by atoms with van der Waals surface area (Å²) in [4.78, 5) is 8.77. The van der Waals surface area contributed by atoms with Gasteiger partial charge in [-0.2, -0.15) is 0 Å². The number of para-hydroxylation sites is 1. The lowest BCUT2D eigenvalue weighted by Crippen LogP contribution is -2.16. The summed E-state index contributed by atoms with van der Waals surface area (Å²) in [6.45, 7) is 1.86.